The van der Waals surface area contributed by atoms with E-state index in [0.717, 1.165) is 16.8 Å². The lowest BCUT2D eigenvalue weighted by atomic mass is 10.1. The van der Waals surface area contributed by atoms with Gasteiger partial charge in [-0.3, -0.25) is 9.59 Å². The highest BCUT2D eigenvalue weighted by Gasteiger charge is 2.14. The number of halogens is 2. The van der Waals surface area contributed by atoms with Crippen LogP contribution in [0.25, 0.3) is 15.9 Å². The van der Waals surface area contributed by atoms with Crippen LogP contribution in [0.4, 0.5) is 15.2 Å². The molecule has 2 heterocycles. The summed E-state index contributed by atoms with van der Waals surface area (Å²) in [4.78, 5) is 30.5. The molecule has 0 spiro atoms. The fourth-order valence-electron chi connectivity index (χ4n) is 3.43. The summed E-state index contributed by atoms with van der Waals surface area (Å²) >= 11 is 7.30. The third-order valence-electron chi connectivity index (χ3n) is 5.27. The van der Waals surface area contributed by atoms with Crippen LogP contribution in [0.15, 0.2) is 65.5 Å². The zero-order valence-electron chi connectivity index (χ0n) is 17.8. The fraction of sp³-hybridized carbons (Fsp3) is 0.0833. The molecular formula is C24H17ClFN5O2S. The second-order valence-electron chi connectivity index (χ2n) is 7.64. The predicted octanol–water partition coefficient (Wildman–Crippen LogP) is 5.08. The molecule has 2 N–H and O–H groups in total. The molecule has 0 bridgehead atoms. The molecule has 0 aliphatic heterocycles. The maximum Gasteiger partial charge on any atom is 0.283 e. The fourth-order valence-corrected chi connectivity index (χ4v) is 4.41. The van der Waals surface area contributed by atoms with Crippen molar-refractivity contribution in [2.45, 2.75) is 13.5 Å². The average molecular weight is 494 g/mol. The first-order chi connectivity index (χ1) is 16.4. The van der Waals surface area contributed by atoms with E-state index in [1.165, 1.54) is 28.0 Å². The Bertz CT molecular complexity index is 1610. The summed E-state index contributed by atoms with van der Waals surface area (Å²) in [6.45, 7) is 2.19. The van der Waals surface area contributed by atoms with Crippen molar-refractivity contribution in [2.24, 2.45) is 0 Å². The highest BCUT2D eigenvalue weighted by atomic mass is 35.5. The lowest BCUT2D eigenvalue weighted by Gasteiger charge is -2.06. The largest absolute Gasteiger partial charge is 0.348 e. The Morgan fingerprint density at radius 3 is 2.71 bits per heavy atom. The average Bonchev–Trinajstić information content (AvgIpc) is 3.23. The zero-order valence-corrected chi connectivity index (χ0v) is 19.4. The number of nitrogens with zero attached hydrogens (tertiary/aromatic N) is 3. The van der Waals surface area contributed by atoms with E-state index in [4.69, 9.17) is 11.6 Å². The number of aryl methyl sites for hydroxylation is 1. The first kappa shape index (κ1) is 22.0. The van der Waals surface area contributed by atoms with Crippen LogP contribution in [0.3, 0.4) is 0 Å². The first-order valence-electron chi connectivity index (χ1n) is 10.3. The van der Waals surface area contributed by atoms with Gasteiger partial charge >= 0.3 is 0 Å². The van der Waals surface area contributed by atoms with Crippen LogP contribution in [0, 0.1) is 12.7 Å². The number of nitrogens with one attached hydrogen (secondary N) is 2. The standard InChI is InChI=1S/C24H17ClFN5O2S/c1-13-2-6-16(25)11-19(13)28-23-30-31-22(33)18-9-5-15(10-20(18)29-24(31)34-23)21(32)27-12-14-3-7-17(26)8-4-14/h2-11H,12H2,1H3,(H,27,32)(H,28,30). The zero-order chi connectivity index (χ0) is 23.8. The van der Waals surface area contributed by atoms with E-state index in [-0.39, 0.29) is 23.8 Å². The number of carbonyl (C=O) groups is 1. The third kappa shape index (κ3) is 4.35. The summed E-state index contributed by atoms with van der Waals surface area (Å²) in [6.07, 6.45) is 0. The van der Waals surface area contributed by atoms with Crippen molar-refractivity contribution in [3.63, 3.8) is 0 Å². The highest BCUT2D eigenvalue weighted by molar-refractivity contribution is 7.20. The molecule has 0 unspecified atom stereocenters. The summed E-state index contributed by atoms with van der Waals surface area (Å²) in [5, 5.41) is 11.8. The molecule has 170 valence electrons. The van der Waals surface area contributed by atoms with Crippen LogP contribution in [0.1, 0.15) is 21.5 Å². The number of amides is 1. The predicted molar refractivity (Wildman–Crippen MR) is 132 cm³/mol. The van der Waals surface area contributed by atoms with E-state index < -0.39 is 0 Å². The molecule has 1 amide bonds. The molecule has 0 saturated carbocycles. The van der Waals surface area contributed by atoms with Gasteiger partial charge in [-0.2, -0.15) is 4.52 Å². The number of hydrogen-bond acceptors (Lipinski definition) is 6. The lowest BCUT2D eigenvalue weighted by Crippen LogP contribution is -2.23. The van der Waals surface area contributed by atoms with Crippen LogP contribution in [-0.2, 0) is 6.54 Å². The number of anilines is 2. The van der Waals surface area contributed by atoms with Gasteiger partial charge in [0.1, 0.15) is 5.82 Å². The Morgan fingerprint density at radius 1 is 1.12 bits per heavy atom. The van der Waals surface area contributed by atoms with Gasteiger partial charge in [-0.25, -0.2) is 9.37 Å². The summed E-state index contributed by atoms with van der Waals surface area (Å²) in [7, 11) is 0. The number of fused-ring (bicyclic) bond motifs is 2. The van der Waals surface area contributed by atoms with Crippen LogP contribution >= 0.6 is 22.9 Å². The van der Waals surface area contributed by atoms with Gasteiger partial charge < -0.3 is 10.6 Å². The highest BCUT2D eigenvalue weighted by Crippen LogP contribution is 2.27. The molecule has 5 aromatic rings. The van der Waals surface area contributed by atoms with Gasteiger partial charge in [-0.15, -0.1) is 5.10 Å². The minimum absolute atomic E-state index is 0.249. The Labute approximate surface area is 201 Å². The molecule has 2 aromatic heterocycles. The number of carbonyl (C=O) groups excluding carboxylic acids is 1. The van der Waals surface area contributed by atoms with Crippen molar-refractivity contribution in [3.05, 3.63) is 98.5 Å². The molecule has 5 rings (SSSR count). The summed E-state index contributed by atoms with van der Waals surface area (Å²) in [5.41, 5.74) is 2.96. The van der Waals surface area contributed by atoms with Gasteiger partial charge in [0.15, 0.2) is 0 Å². The molecule has 3 aromatic carbocycles. The molecule has 10 heteroatoms. The van der Waals surface area contributed by atoms with Gasteiger partial charge in [-0.05, 0) is 60.5 Å². The molecule has 0 atom stereocenters. The van der Waals surface area contributed by atoms with Gasteiger partial charge in [0.25, 0.3) is 11.5 Å². The SMILES string of the molecule is Cc1ccc(Cl)cc1Nc1nn2c(=O)c3ccc(C(=O)NCc4ccc(F)cc4)cc3nc2s1. The van der Waals surface area contributed by atoms with Crippen LogP contribution in [0.2, 0.25) is 5.02 Å². The van der Waals surface area contributed by atoms with E-state index >= 15 is 0 Å². The quantitative estimate of drug-likeness (QED) is 0.356. The molecule has 7 nitrogen and oxygen atoms in total. The molecule has 0 fully saturated rings. The lowest BCUT2D eigenvalue weighted by molar-refractivity contribution is 0.0951. The maximum absolute atomic E-state index is 13.1. The van der Waals surface area contributed by atoms with Gasteiger partial charge in [0.05, 0.1) is 10.9 Å². The van der Waals surface area contributed by atoms with Crippen LogP contribution in [0.5, 0.6) is 0 Å². The van der Waals surface area contributed by atoms with Crippen LogP contribution in [-0.4, -0.2) is 20.5 Å². The Hall–Kier alpha value is -3.82. The minimum atomic E-state index is -0.336. The van der Waals surface area contributed by atoms with Crippen molar-refractivity contribution in [2.75, 3.05) is 5.32 Å². The summed E-state index contributed by atoms with van der Waals surface area (Å²) in [5.74, 6) is -0.659. The van der Waals surface area contributed by atoms with Gasteiger partial charge in [0, 0.05) is 22.8 Å². The van der Waals surface area contributed by atoms with Crippen molar-refractivity contribution in [3.8, 4) is 0 Å². The summed E-state index contributed by atoms with van der Waals surface area (Å²) in [6, 6.07) is 16.1. The molecule has 0 radical (unpaired) electrons. The Morgan fingerprint density at radius 2 is 1.91 bits per heavy atom. The number of rotatable bonds is 5. The minimum Gasteiger partial charge on any atom is -0.348 e. The third-order valence-corrected chi connectivity index (χ3v) is 6.33. The molecule has 0 aliphatic rings. The number of hydrogen-bond donors (Lipinski definition) is 2. The van der Waals surface area contributed by atoms with Crippen molar-refractivity contribution in [1.29, 1.82) is 0 Å². The molecule has 34 heavy (non-hydrogen) atoms. The van der Waals surface area contributed by atoms with E-state index in [2.05, 4.69) is 20.7 Å². The molecule has 0 aliphatic carbocycles. The second-order valence-corrected chi connectivity index (χ2v) is 9.04. The number of aromatic nitrogens is 3. The Kier molecular flexibility index (Phi) is 5.72. The van der Waals surface area contributed by atoms with Crippen LogP contribution < -0.4 is 16.2 Å². The normalized spacial score (nSPS) is 11.1. The topological polar surface area (TPSA) is 88.4 Å². The van der Waals surface area contributed by atoms with Gasteiger partial charge in [0.2, 0.25) is 10.1 Å². The number of benzene rings is 3. The van der Waals surface area contributed by atoms with E-state index in [0.29, 0.717) is 31.6 Å². The maximum atomic E-state index is 13.1. The molecular weight excluding hydrogens is 477 g/mol. The van der Waals surface area contributed by atoms with Crippen molar-refractivity contribution >= 4 is 55.5 Å². The smallest absolute Gasteiger partial charge is 0.283 e. The van der Waals surface area contributed by atoms with E-state index in [9.17, 15) is 14.0 Å². The molecule has 0 saturated heterocycles. The van der Waals surface area contributed by atoms with Crippen molar-refractivity contribution < 1.29 is 9.18 Å². The summed E-state index contributed by atoms with van der Waals surface area (Å²) < 4.78 is 14.3. The Balaban J connectivity index is 1.43. The first-order valence-corrected chi connectivity index (χ1v) is 11.5. The monoisotopic (exact) mass is 493 g/mol. The van der Waals surface area contributed by atoms with Gasteiger partial charge in [-0.1, -0.05) is 41.1 Å². The second kappa shape index (κ2) is 8.85. The van der Waals surface area contributed by atoms with E-state index in [1.807, 2.05) is 13.0 Å². The van der Waals surface area contributed by atoms with Crippen molar-refractivity contribution in [1.82, 2.24) is 19.9 Å². The van der Waals surface area contributed by atoms with E-state index in [1.54, 1.807) is 42.5 Å².